The van der Waals surface area contributed by atoms with Crippen LogP contribution in [0.1, 0.15) is 27.4 Å². The van der Waals surface area contributed by atoms with Crippen molar-refractivity contribution < 1.29 is 19.1 Å². The third-order valence-corrected chi connectivity index (χ3v) is 4.31. The first-order chi connectivity index (χ1) is 11.5. The average Bonchev–Trinajstić information content (AvgIpc) is 2.99. The Morgan fingerprint density at radius 1 is 1.25 bits per heavy atom. The molecule has 0 radical (unpaired) electrons. The van der Waals surface area contributed by atoms with E-state index >= 15 is 0 Å². The highest BCUT2D eigenvalue weighted by Gasteiger charge is 2.13. The molecule has 0 aliphatic rings. The molecule has 0 saturated heterocycles. The number of ketones is 1. The zero-order valence-electron chi connectivity index (χ0n) is 12.9. The lowest BCUT2D eigenvalue weighted by molar-refractivity contribution is -0.147. The first-order valence-electron chi connectivity index (χ1n) is 7.11. The largest absolute Gasteiger partial charge is 0.456 e. The minimum absolute atomic E-state index is 0.0504. The van der Waals surface area contributed by atoms with Crippen LogP contribution >= 0.6 is 22.9 Å². The molecule has 126 valence electrons. The maximum absolute atomic E-state index is 11.9. The van der Waals surface area contributed by atoms with Crippen molar-refractivity contribution in [2.45, 2.75) is 19.8 Å². The lowest BCUT2D eigenvalue weighted by Gasteiger charge is -2.07. The Bertz CT molecular complexity index is 760. The lowest BCUT2D eigenvalue weighted by Crippen LogP contribution is -2.21. The van der Waals surface area contributed by atoms with E-state index in [-0.39, 0.29) is 23.8 Å². The van der Waals surface area contributed by atoms with Crippen molar-refractivity contribution in [3.05, 3.63) is 45.4 Å². The maximum Gasteiger partial charge on any atom is 0.306 e. The van der Waals surface area contributed by atoms with Gasteiger partial charge in [-0.15, -0.1) is 11.3 Å². The zero-order valence-corrected chi connectivity index (χ0v) is 14.4. The highest BCUT2D eigenvalue weighted by atomic mass is 35.5. The fourth-order valence-electron chi connectivity index (χ4n) is 1.81. The molecule has 0 aromatic carbocycles. The minimum atomic E-state index is -0.607. The van der Waals surface area contributed by atoms with Gasteiger partial charge in [-0.1, -0.05) is 11.6 Å². The first kappa shape index (κ1) is 18.1. The van der Waals surface area contributed by atoms with Gasteiger partial charge >= 0.3 is 5.97 Å². The summed E-state index contributed by atoms with van der Waals surface area (Å²) in [5, 5.41) is 2.63. The van der Waals surface area contributed by atoms with Gasteiger partial charge < -0.3 is 10.1 Å². The Balaban J connectivity index is 1.72. The number of aromatic nitrogens is 1. The summed E-state index contributed by atoms with van der Waals surface area (Å²) in [6.45, 7) is 1.46. The van der Waals surface area contributed by atoms with Crippen LogP contribution in [0, 0.1) is 6.92 Å². The number of hydrogen-bond donors (Lipinski definition) is 1. The number of carbonyl (C=O) groups excluding carboxylic acids is 3. The summed E-state index contributed by atoms with van der Waals surface area (Å²) < 4.78 is 4.84. The van der Waals surface area contributed by atoms with Crippen LogP contribution in [0.4, 0.5) is 5.69 Å². The predicted molar refractivity (Wildman–Crippen MR) is 91.5 cm³/mol. The number of hydrogen-bond acceptors (Lipinski definition) is 6. The Morgan fingerprint density at radius 3 is 2.71 bits per heavy atom. The third-order valence-electron chi connectivity index (χ3n) is 2.97. The van der Waals surface area contributed by atoms with Crippen molar-refractivity contribution in [1.29, 1.82) is 0 Å². The number of amides is 1. The molecule has 0 aliphatic heterocycles. The van der Waals surface area contributed by atoms with Crippen molar-refractivity contribution >= 4 is 46.3 Å². The van der Waals surface area contributed by atoms with Gasteiger partial charge in [0.25, 0.3) is 5.91 Å². The van der Waals surface area contributed by atoms with Gasteiger partial charge in [-0.2, -0.15) is 0 Å². The molecule has 8 heteroatoms. The molecule has 1 N–H and O–H groups in total. The number of carbonyl (C=O) groups is 3. The van der Waals surface area contributed by atoms with E-state index < -0.39 is 18.5 Å². The summed E-state index contributed by atoms with van der Waals surface area (Å²) in [7, 11) is 0. The van der Waals surface area contributed by atoms with E-state index in [4.69, 9.17) is 16.3 Å². The Kier molecular flexibility index (Phi) is 6.45. The average molecular weight is 367 g/mol. The number of halogens is 1. The summed E-state index contributed by atoms with van der Waals surface area (Å²) in [5.74, 6) is -1.25. The van der Waals surface area contributed by atoms with Crippen LogP contribution in [0.15, 0.2) is 30.5 Å². The number of pyridine rings is 1. The van der Waals surface area contributed by atoms with Crippen molar-refractivity contribution in [1.82, 2.24) is 4.98 Å². The van der Waals surface area contributed by atoms with Crippen molar-refractivity contribution in [2.75, 3.05) is 11.9 Å². The fraction of sp³-hybridized carbons (Fsp3) is 0.250. The number of esters is 1. The Labute approximate surface area is 147 Å². The second-order valence-corrected chi connectivity index (χ2v) is 6.53. The lowest BCUT2D eigenvalue weighted by atomic mass is 10.2. The molecule has 2 heterocycles. The van der Waals surface area contributed by atoms with Gasteiger partial charge in [0.15, 0.2) is 17.5 Å². The third kappa shape index (κ3) is 5.43. The highest BCUT2D eigenvalue weighted by molar-refractivity contribution is 7.14. The molecule has 0 atom stereocenters. The van der Waals surface area contributed by atoms with E-state index in [0.717, 1.165) is 4.88 Å². The van der Waals surface area contributed by atoms with Crippen LogP contribution < -0.4 is 5.32 Å². The van der Waals surface area contributed by atoms with Gasteiger partial charge in [0.1, 0.15) is 0 Å². The first-order valence-corrected chi connectivity index (χ1v) is 8.31. The molecule has 2 aromatic rings. The monoisotopic (exact) mass is 366 g/mol. The topological polar surface area (TPSA) is 85.4 Å². The van der Waals surface area contributed by atoms with E-state index in [0.29, 0.717) is 10.6 Å². The number of aryl methyl sites for hydroxylation is 1. The van der Waals surface area contributed by atoms with E-state index in [9.17, 15) is 14.4 Å². The molecule has 0 unspecified atom stereocenters. The SMILES string of the molecule is Cc1ccc(C(=O)CCC(=O)OCC(=O)Nc2cccnc2Cl)s1. The summed E-state index contributed by atoms with van der Waals surface area (Å²) >= 11 is 7.19. The Morgan fingerprint density at radius 2 is 2.04 bits per heavy atom. The van der Waals surface area contributed by atoms with Gasteiger partial charge in [0.2, 0.25) is 0 Å². The fourth-order valence-corrected chi connectivity index (χ4v) is 2.81. The summed E-state index contributed by atoms with van der Waals surface area (Å²) in [5.41, 5.74) is 0.337. The molecule has 0 bridgehead atoms. The van der Waals surface area contributed by atoms with Crippen LogP contribution in [-0.2, 0) is 14.3 Å². The molecule has 2 rings (SSSR count). The molecule has 0 fully saturated rings. The summed E-state index contributed by atoms with van der Waals surface area (Å²) in [6, 6.07) is 6.78. The van der Waals surface area contributed by atoms with Gasteiger partial charge in [-0.05, 0) is 31.2 Å². The molecule has 0 aliphatic carbocycles. The van der Waals surface area contributed by atoms with Crippen molar-refractivity contribution in [2.24, 2.45) is 0 Å². The molecular formula is C16H15ClN2O4S. The molecule has 6 nitrogen and oxygen atoms in total. The normalized spacial score (nSPS) is 10.2. The summed E-state index contributed by atoms with van der Waals surface area (Å²) in [6.07, 6.45) is 1.47. The molecule has 0 spiro atoms. The molecule has 2 aromatic heterocycles. The molecule has 24 heavy (non-hydrogen) atoms. The van der Waals surface area contributed by atoms with Crippen molar-refractivity contribution in [3.8, 4) is 0 Å². The smallest absolute Gasteiger partial charge is 0.306 e. The van der Waals surface area contributed by atoms with Gasteiger partial charge in [-0.3, -0.25) is 14.4 Å². The molecule has 0 saturated carbocycles. The zero-order chi connectivity index (χ0) is 17.5. The standard InChI is InChI=1S/C16H15ClN2O4S/c1-10-4-6-13(24-10)12(20)5-7-15(22)23-9-14(21)19-11-3-2-8-18-16(11)17/h2-4,6,8H,5,7,9H2,1H3,(H,19,21). The van der Waals surface area contributed by atoms with E-state index in [1.54, 1.807) is 18.2 Å². The van der Waals surface area contributed by atoms with Gasteiger partial charge in [0, 0.05) is 17.5 Å². The number of anilines is 1. The van der Waals surface area contributed by atoms with E-state index in [1.165, 1.54) is 17.5 Å². The number of nitrogens with zero attached hydrogens (tertiary/aromatic N) is 1. The van der Waals surface area contributed by atoms with Crippen LogP contribution in [0.2, 0.25) is 5.15 Å². The molecule has 1 amide bonds. The second kappa shape index (κ2) is 8.56. The van der Waals surface area contributed by atoms with Crippen LogP contribution in [0.3, 0.4) is 0 Å². The van der Waals surface area contributed by atoms with Crippen LogP contribution in [0.5, 0.6) is 0 Å². The minimum Gasteiger partial charge on any atom is -0.456 e. The number of rotatable bonds is 7. The summed E-state index contributed by atoms with van der Waals surface area (Å²) in [4.78, 5) is 40.7. The quantitative estimate of drug-likeness (QED) is 0.462. The van der Waals surface area contributed by atoms with Gasteiger partial charge in [0.05, 0.1) is 17.0 Å². The van der Waals surface area contributed by atoms with E-state index in [1.807, 2.05) is 13.0 Å². The number of nitrogens with one attached hydrogen (secondary N) is 1. The maximum atomic E-state index is 11.9. The number of ether oxygens (including phenoxy) is 1. The second-order valence-electron chi connectivity index (χ2n) is 4.88. The van der Waals surface area contributed by atoms with Crippen LogP contribution in [-0.4, -0.2) is 29.3 Å². The number of Topliss-reactive ketones (excluding diaryl/α,β-unsaturated/α-hetero) is 1. The predicted octanol–water partition coefficient (Wildman–Crippen LogP) is 3.25. The number of thiophene rings is 1. The van der Waals surface area contributed by atoms with Crippen LogP contribution in [0.25, 0.3) is 0 Å². The molecular weight excluding hydrogens is 352 g/mol. The van der Waals surface area contributed by atoms with E-state index in [2.05, 4.69) is 10.3 Å². The Hall–Kier alpha value is -2.25. The van der Waals surface area contributed by atoms with Crippen molar-refractivity contribution in [3.63, 3.8) is 0 Å². The highest BCUT2D eigenvalue weighted by Crippen LogP contribution is 2.18. The van der Waals surface area contributed by atoms with Gasteiger partial charge in [-0.25, -0.2) is 4.98 Å².